The number of thiol groups is 2. The van der Waals surface area contributed by atoms with Crippen LogP contribution in [0.1, 0.15) is 84.6 Å². The van der Waals surface area contributed by atoms with E-state index in [-0.39, 0.29) is 29.9 Å². The van der Waals surface area contributed by atoms with Gasteiger partial charge in [0.1, 0.15) is 0 Å². The Morgan fingerprint density at radius 3 is 1.51 bits per heavy atom. The van der Waals surface area contributed by atoms with Crippen LogP contribution >= 0.6 is 25.3 Å². The zero-order chi connectivity index (χ0) is 31.7. The second kappa shape index (κ2) is 14.5. The Hall–Kier alpha value is -3.24. The molecular formula is C34H36FeN4O4S2. The van der Waals surface area contributed by atoms with Crippen molar-refractivity contribution in [3.05, 3.63) is 69.3 Å². The first kappa shape index (κ1) is 34.6. The summed E-state index contributed by atoms with van der Waals surface area (Å²) >= 11 is 9.04. The van der Waals surface area contributed by atoms with Gasteiger partial charge in [0.15, 0.2) is 0 Å². The predicted molar refractivity (Wildman–Crippen MR) is 182 cm³/mol. The topological polar surface area (TPSA) is 129 Å². The third-order valence-corrected chi connectivity index (χ3v) is 8.99. The van der Waals surface area contributed by atoms with E-state index in [4.69, 9.17) is 19.9 Å². The number of nitrogens with zero attached hydrogens (tertiary/aromatic N) is 4. The maximum absolute atomic E-state index is 11.6. The molecule has 3 aromatic heterocycles. The Morgan fingerprint density at radius 2 is 1.02 bits per heavy atom. The summed E-state index contributed by atoms with van der Waals surface area (Å²) in [6.45, 7) is 8.04. The van der Waals surface area contributed by atoms with Crippen LogP contribution in [0, 0.1) is 13.8 Å². The SMILES string of the molecule is CC1=C(CCS)c2cc3[n-]c(cc4nc(cc5[n-]c(cc1n2)c(C)c5CCC(=O)O)C(CCC(=O)O)=C4C)c(CCS)c3C.[Fe+2]. The Labute approximate surface area is 284 Å². The molecule has 0 radical (unpaired) electrons. The van der Waals surface area contributed by atoms with Crippen LogP contribution in [0.2, 0.25) is 0 Å². The molecule has 2 aliphatic rings. The minimum atomic E-state index is -0.889. The second-order valence-electron chi connectivity index (χ2n) is 11.3. The molecule has 0 fully saturated rings. The van der Waals surface area contributed by atoms with E-state index in [2.05, 4.69) is 39.1 Å². The molecule has 5 rings (SSSR count). The molecule has 236 valence electrons. The van der Waals surface area contributed by atoms with Crippen molar-refractivity contribution in [1.82, 2.24) is 19.9 Å². The van der Waals surface area contributed by atoms with Gasteiger partial charge in [-0.05, 0) is 87.2 Å². The molecule has 0 saturated heterocycles. The molecule has 0 amide bonds. The molecule has 0 saturated carbocycles. The zero-order valence-corrected chi connectivity index (χ0v) is 28.6. The largest absolute Gasteiger partial charge is 2.00 e. The molecule has 3 aromatic rings. The Morgan fingerprint density at radius 1 is 0.622 bits per heavy atom. The molecule has 8 nitrogen and oxygen atoms in total. The minimum Gasteiger partial charge on any atom is -0.657 e. The summed E-state index contributed by atoms with van der Waals surface area (Å²) in [5.74, 6) is -0.449. The number of fused-ring (bicyclic) bond motifs is 8. The van der Waals surface area contributed by atoms with Crippen molar-refractivity contribution in [2.24, 2.45) is 0 Å². The molecule has 11 heteroatoms. The minimum absolute atomic E-state index is 0. The van der Waals surface area contributed by atoms with Crippen LogP contribution < -0.4 is 9.97 Å². The normalized spacial score (nSPS) is 12.9. The van der Waals surface area contributed by atoms with Gasteiger partial charge in [-0.3, -0.25) is 9.59 Å². The molecule has 5 heterocycles. The third-order valence-electron chi connectivity index (χ3n) is 8.54. The van der Waals surface area contributed by atoms with E-state index in [1.807, 2.05) is 38.1 Å². The number of carbonyl (C=O) groups is 2. The van der Waals surface area contributed by atoms with Gasteiger partial charge < -0.3 is 20.2 Å². The number of hydrogen-bond acceptors (Lipinski definition) is 6. The second-order valence-corrected chi connectivity index (χ2v) is 12.1. The van der Waals surface area contributed by atoms with Crippen LogP contribution in [0.15, 0.2) is 24.3 Å². The summed E-state index contributed by atoms with van der Waals surface area (Å²) in [5.41, 5.74) is 13.8. The summed E-state index contributed by atoms with van der Waals surface area (Å²) in [6.07, 6.45) is 2.01. The maximum Gasteiger partial charge on any atom is 2.00 e. The first-order valence-corrected chi connectivity index (χ1v) is 16.0. The van der Waals surface area contributed by atoms with Crippen LogP contribution in [0.5, 0.6) is 0 Å². The number of carboxylic acid groups (broad SMARTS) is 2. The number of allylic oxidation sites excluding steroid dienone is 4. The molecule has 0 atom stereocenters. The number of hydrogen-bond donors (Lipinski definition) is 4. The van der Waals surface area contributed by atoms with Crippen LogP contribution in [0.25, 0.3) is 44.4 Å². The van der Waals surface area contributed by atoms with Crippen molar-refractivity contribution in [3.8, 4) is 0 Å². The van der Waals surface area contributed by atoms with E-state index in [1.165, 1.54) is 0 Å². The molecule has 0 aromatic carbocycles. The molecule has 2 aliphatic heterocycles. The fraction of sp³-hybridized carbons (Fsp3) is 0.353. The van der Waals surface area contributed by atoms with E-state index in [0.717, 1.165) is 91.0 Å². The summed E-state index contributed by atoms with van der Waals surface area (Å²) in [5, 5.41) is 19.0. The van der Waals surface area contributed by atoms with Crippen LogP contribution in [-0.2, 0) is 39.5 Å². The first-order chi connectivity index (χ1) is 21.0. The fourth-order valence-corrected chi connectivity index (χ4v) is 6.47. The van der Waals surface area contributed by atoms with Crippen molar-refractivity contribution in [2.75, 3.05) is 11.5 Å². The van der Waals surface area contributed by atoms with Gasteiger partial charge in [-0.1, -0.05) is 46.5 Å². The van der Waals surface area contributed by atoms with Crippen LogP contribution in [-0.4, -0.2) is 43.6 Å². The molecule has 0 aliphatic carbocycles. The number of carboxylic acids is 2. The number of aryl methyl sites for hydroxylation is 4. The predicted octanol–water partition coefficient (Wildman–Crippen LogP) is 6.72. The summed E-state index contributed by atoms with van der Waals surface area (Å²) < 4.78 is 0. The Bertz CT molecular complexity index is 1910. The van der Waals surface area contributed by atoms with Crippen molar-refractivity contribution in [2.45, 2.75) is 66.2 Å². The van der Waals surface area contributed by atoms with E-state index in [9.17, 15) is 19.8 Å². The monoisotopic (exact) mass is 684 g/mol. The van der Waals surface area contributed by atoms with E-state index in [1.54, 1.807) is 0 Å². The van der Waals surface area contributed by atoms with Gasteiger partial charge >= 0.3 is 29.0 Å². The van der Waals surface area contributed by atoms with E-state index >= 15 is 0 Å². The number of aromatic nitrogens is 4. The van der Waals surface area contributed by atoms with Gasteiger partial charge in [0.25, 0.3) is 0 Å². The van der Waals surface area contributed by atoms with Crippen LogP contribution in [0.4, 0.5) is 0 Å². The van der Waals surface area contributed by atoms with Crippen molar-refractivity contribution in [1.29, 1.82) is 0 Å². The van der Waals surface area contributed by atoms with Gasteiger partial charge in [0.05, 0.1) is 22.8 Å². The molecule has 2 N–H and O–H groups in total. The van der Waals surface area contributed by atoms with Gasteiger partial charge in [0.2, 0.25) is 0 Å². The quantitative estimate of drug-likeness (QED) is 0.137. The number of rotatable bonds is 10. The molecular weight excluding hydrogens is 648 g/mol. The Kier molecular flexibility index (Phi) is 11.1. The third kappa shape index (κ3) is 7.12. The molecule has 0 unspecified atom stereocenters. The summed E-state index contributed by atoms with van der Waals surface area (Å²) in [6, 6.07) is 7.86. The zero-order valence-electron chi connectivity index (χ0n) is 25.7. The van der Waals surface area contributed by atoms with Gasteiger partial charge in [-0.2, -0.15) is 25.3 Å². The smallest absolute Gasteiger partial charge is 0.657 e. The van der Waals surface area contributed by atoms with Gasteiger partial charge in [-0.15, -0.1) is 22.1 Å². The van der Waals surface area contributed by atoms with Crippen LogP contribution in [0.3, 0.4) is 0 Å². The Balaban J connectivity index is 0.00000461. The molecule has 0 spiro atoms. The van der Waals surface area contributed by atoms with E-state index in [0.29, 0.717) is 35.6 Å². The first-order valence-electron chi connectivity index (χ1n) is 14.7. The molecule has 45 heavy (non-hydrogen) atoms. The summed E-state index contributed by atoms with van der Waals surface area (Å²) in [7, 11) is 0. The average molecular weight is 685 g/mol. The molecule has 8 bridgehead atoms. The average Bonchev–Trinajstić information content (AvgIpc) is 3.62. The standard InChI is InChI=1S/C34H38N4O4S2.Fe/c1-17-21(5-7-33(39)40)31-16-32-22(6-8-34(41)42)18(2)27(38-32)14-30-24(10-12-44)20(4)28(37-30)15-29-23(9-11-43)19(3)26(35-29)13-25(17)36-31;/h13-16H,5-12H2,1-4H3,(H6,35,36,37,38,39,40,41,42,43,44);/q;+2/p-2. The fourth-order valence-electron chi connectivity index (χ4n) is 6.02. The van der Waals surface area contributed by atoms with Gasteiger partial charge in [-0.25, -0.2) is 9.97 Å². The van der Waals surface area contributed by atoms with Gasteiger partial charge in [0, 0.05) is 12.8 Å². The van der Waals surface area contributed by atoms with Crippen molar-refractivity contribution >= 4 is 81.6 Å². The maximum atomic E-state index is 11.6. The number of aliphatic carboxylic acids is 2. The van der Waals surface area contributed by atoms with Crippen molar-refractivity contribution < 1.29 is 36.9 Å². The van der Waals surface area contributed by atoms with Crippen molar-refractivity contribution in [3.63, 3.8) is 0 Å². The summed E-state index contributed by atoms with van der Waals surface area (Å²) in [4.78, 5) is 43.2. The van der Waals surface area contributed by atoms with E-state index < -0.39 is 11.9 Å².